The van der Waals surface area contributed by atoms with Crippen molar-refractivity contribution in [3.05, 3.63) is 53.1 Å². The van der Waals surface area contributed by atoms with Crippen LogP contribution in [0.15, 0.2) is 41.3 Å². The zero-order valence-electron chi connectivity index (χ0n) is 23.5. The highest BCUT2D eigenvalue weighted by Gasteiger charge is 2.27. The van der Waals surface area contributed by atoms with Crippen LogP contribution in [0.1, 0.15) is 40.7 Å². The lowest BCUT2D eigenvalue weighted by molar-refractivity contribution is 0.0376. The van der Waals surface area contributed by atoms with Crippen LogP contribution in [0.2, 0.25) is 0 Å². The van der Waals surface area contributed by atoms with Crippen molar-refractivity contribution in [1.29, 1.82) is 0 Å². The smallest absolute Gasteiger partial charge is 0.260 e. The third-order valence-electron chi connectivity index (χ3n) is 7.55. The van der Waals surface area contributed by atoms with Gasteiger partial charge in [-0.25, -0.2) is 13.4 Å². The number of aromatic nitrogens is 1. The summed E-state index contributed by atoms with van der Waals surface area (Å²) in [6.45, 7) is 9.72. The standard InChI is InChI=1S/C29H38N4O5S2/c1-21-18-22(2)27-26(19-21)39-29(30-27)33(12-5-11-32-13-16-37-17-14-32)28(34)23-7-9-25(10-8-23)40(35,36)31(3)20-24-6-4-15-38-24/h7-10,18-19,24H,4-6,11-17,20H2,1-3H3. The van der Waals surface area contributed by atoms with E-state index in [1.54, 1.807) is 24.1 Å². The normalized spacial score (nSPS) is 18.6. The number of sulfonamides is 1. The quantitative estimate of drug-likeness (QED) is 0.354. The second-order valence-corrected chi connectivity index (χ2v) is 13.7. The number of carbonyl (C=O) groups excluding carboxylic acids is 1. The Labute approximate surface area is 240 Å². The van der Waals surface area contributed by atoms with Gasteiger partial charge in [0.25, 0.3) is 5.91 Å². The monoisotopic (exact) mass is 586 g/mol. The summed E-state index contributed by atoms with van der Waals surface area (Å²) in [6.07, 6.45) is 2.53. The fourth-order valence-electron chi connectivity index (χ4n) is 5.31. The lowest BCUT2D eigenvalue weighted by atomic mass is 10.1. The topological polar surface area (TPSA) is 92.3 Å². The fraction of sp³-hybridized carbons (Fsp3) is 0.517. The maximum atomic E-state index is 13.9. The molecule has 11 heteroatoms. The van der Waals surface area contributed by atoms with Gasteiger partial charge in [0, 0.05) is 51.9 Å². The third-order valence-corrected chi connectivity index (χ3v) is 10.4. The first kappa shape index (κ1) is 29.1. The number of benzene rings is 2. The van der Waals surface area contributed by atoms with Gasteiger partial charge in [0.15, 0.2) is 5.13 Å². The molecule has 1 aromatic heterocycles. The number of hydrogen-bond donors (Lipinski definition) is 0. The Bertz CT molecular complexity index is 1430. The Kier molecular flexibility index (Phi) is 9.18. The van der Waals surface area contributed by atoms with E-state index in [-0.39, 0.29) is 16.9 Å². The van der Waals surface area contributed by atoms with Crippen molar-refractivity contribution in [3.8, 4) is 0 Å². The molecule has 9 nitrogen and oxygen atoms in total. The van der Waals surface area contributed by atoms with E-state index in [4.69, 9.17) is 14.5 Å². The van der Waals surface area contributed by atoms with Crippen LogP contribution >= 0.6 is 11.3 Å². The van der Waals surface area contributed by atoms with Gasteiger partial charge in [-0.15, -0.1) is 0 Å². The number of amides is 1. The van der Waals surface area contributed by atoms with E-state index < -0.39 is 10.0 Å². The van der Waals surface area contributed by atoms with Gasteiger partial charge in [-0.05, 0) is 74.6 Å². The number of fused-ring (bicyclic) bond motifs is 1. The number of hydrogen-bond acceptors (Lipinski definition) is 8. The van der Waals surface area contributed by atoms with Gasteiger partial charge in [0.2, 0.25) is 10.0 Å². The lowest BCUT2D eigenvalue weighted by Gasteiger charge is -2.27. The molecule has 0 aliphatic carbocycles. The molecular formula is C29H38N4O5S2. The molecule has 2 aliphatic rings. The van der Waals surface area contributed by atoms with E-state index in [0.717, 1.165) is 73.5 Å². The summed E-state index contributed by atoms with van der Waals surface area (Å²) in [6, 6.07) is 10.5. The van der Waals surface area contributed by atoms with Crippen LogP contribution < -0.4 is 4.90 Å². The van der Waals surface area contributed by atoms with Gasteiger partial charge in [-0.3, -0.25) is 14.6 Å². The zero-order valence-corrected chi connectivity index (χ0v) is 25.1. The highest BCUT2D eigenvalue weighted by Crippen LogP contribution is 2.33. The number of nitrogens with zero attached hydrogens (tertiary/aromatic N) is 4. The van der Waals surface area contributed by atoms with Crippen LogP contribution in [-0.4, -0.2) is 94.2 Å². The molecule has 0 saturated carbocycles. The molecule has 1 amide bonds. The van der Waals surface area contributed by atoms with Crippen LogP contribution in [0.4, 0.5) is 5.13 Å². The van der Waals surface area contributed by atoms with Crippen molar-refractivity contribution < 1.29 is 22.7 Å². The molecule has 1 atom stereocenters. The van der Waals surface area contributed by atoms with Crippen molar-refractivity contribution in [2.24, 2.45) is 0 Å². The van der Waals surface area contributed by atoms with Crippen molar-refractivity contribution in [2.45, 2.75) is 44.1 Å². The molecule has 40 heavy (non-hydrogen) atoms. The van der Waals surface area contributed by atoms with Crippen molar-refractivity contribution in [3.63, 3.8) is 0 Å². The van der Waals surface area contributed by atoms with Gasteiger partial charge >= 0.3 is 0 Å². The molecule has 1 unspecified atom stereocenters. The van der Waals surface area contributed by atoms with Crippen molar-refractivity contribution >= 4 is 42.6 Å². The first-order chi connectivity index (χ1) is 19.2. The van der Waals surface area contributed by atoms with Crippen LogP contribution in [-0.2, 0) is 19.5 Å². The van der Waals surface area contributed by atoms with E-state index >= 15 is 0 Å². The number of anilines is 1. The minimum Gasteiger partial charge on any atom is -0.379 e. The molecule has 0 spiro atoms. The number of morpholine rings is 1. The summed E-state index contributed by atoms with van der Waals surface area (Å²) in [4.78, 5) is 23.0. The molecule has 2 fully saturated rings. The van der Waals surface area contributed by atoms with Crippen LogP contribution in [0.25, 0.3) is 10.2 Å². The molecule has 2 aromatic carbocycles. The summed E-state index contributed by atoms with van der Waals surface area (Å²) in [5, 5.41) is 0.656. The highest BCUT2D eigenvalue weighted by atomic mass is 32.2. The predicted octanol–water partition coefficient (Wildman–Crippen LogP) is 4.08. The van der Waals surface area contributed by atoms with Crippen molar-refractivity contribution in [2.75, 3.05) is 64.5 Å². The molecule has 3 heterocycles. The Morgan fingerprint density at radius 2 is 1.88 bits per heavy atom. The fourth-order valence-corrected chi connectivity index (χ4v) is 7.68. The van der Waals surface area contributed by atoms with Gasteiger partial charge in [0.05, 0.1) is 34.4 Å². The molecule has 2 saturated heterocycles. The summed E-state index contributed by atoms with van der Waals surface area (Å²) < 4.78 is 39.8. The van der Waals surface area contributed by atoms with Gasteiger partial charge < -0.3 is 9.47 Å². The Morgan fingerprint density at radius 1 is 1.12 bits per heavy atom. The number of carbonyl (C=O) groups is 1. The first-order valence-electron chi connectivity index (χ1n) is 13.9. The van der Waals surface area contributed by atoms with E-state index in [1.807, 2.05) is 6.92 Å². The van der Waals surface area contributed by atoms with Crippen LogP contribution in [0.5, 0.6) is 0 Å². The number of ether oxygens (including phenoxy) is 2. The van der Waals surface area contributed by atoms with Gasteiger partial charge in [-0.2, -0.15) is 4.31 Å². The lowest BCUT2D eigenvalue weighted by Crippen LogP contribution is -2.39. The van der Waals surface area contributed by atoms with E-state index in [9.17, 15) is 13.2 Å². The number of rotatable bonds is 10. The summed E-state index contributed by atoms with van der Waals surface area (Å²) in [5.74, 6) is -0.188. The highest BCUT2D eigenvalue weighted by molar-refractivity contribution is 7.89. The summed E-state index contributed by atoms with van der Waals surface area (Å²) >= 11 is 1.51. The molecule has 0 radical (unpaired) electrons. The summed E-state index contributed by atoms with van der Waals surface area (Å²) in [7, 11) is -2.12. The predicted molar refractivity (Wildman–Crippen MR) is 158 cm³/mol. The second-order valence-electron chi connectivity index (χ2n) is 10.6. The average molecular weight is 587 g/mol. The van der Waals surface area contributed by atoms with E-state index in [0.29, 0.717) is 30.4 Å². The van der Waals surface area contributed by atoms with Crippen LogP contribution in [0, 0.1) is 13.8 Å². The molecule has 3 aromatic rings. The van der Waals surface area contributed by atoms with Gasteiger partial charge in [-0.1, -0.05) is 17.4 Å². The Balaban J connectivity index is 1.36. The van der Waals surface area contributed by atoms with E-state index in [2.05, 4.69) is 24.0 Å². The average Bonchev–Trinajstić information content (AvgIpc) is 3.61. The Hall–Kier alpha value is -2.41. The van der Waals surface area contributed by atoms with Crippen LogP contribution in [0.3, 0.4) is 0 Å². The molecule has 2 aliphatic heterocycles. The largest absolute Gasteiger partial charge is 0.379 e. The molecule has 0 N–H and O–H groups in total. The zero-order chi connectivity index (χ0) is 28.3. The molecule has 5 rings (SSSR count). The minimum atomic E-state index is -3.69. The molecular weight excluding hydrogens is 548 g/mol. The minimum absolute atomic E-state index is 0.0760. The summed E-state index contributed by atoms with van der Waals surface area (Å²) in [5.41, 5.74) is 3.58. The maximum absolute atomic E-state index is 13.9. The number of aryl methyl sites for hydroxylation is 2. The first-order valence-corrected chi connectivity index (χ1v) is 16.2. The van der Waals surface area contributed by atoms with E-state index in [1.165, 1.54) is 27.8 Å². The third kappa shape index (κ3) is 6.56. The second kappa shape index (κ2) is 12.6. The Morgan fingerprint density at radius 3 is 2.58 bits per heavy atom. The molecule has 0 bridgehead atoms. The van der Waals surface area contributed by atoms with Gasteiger partial charge in [0.1, 0.15) is 0 Å². The maximum Gasteiger partial charge on any atom is 0.260 e. The molecule has 216 valence electrons. The number of likely N-dealkylation sites (N-methyl/N-ethyl adjacent to an activating group) is 1. The van der Waals surface area contributed by atoms with Crippen molar-refractivity contribution in [1.82, 2.24) is 14.2 Å². The number of thiazole rings is 1. The SMILES string of the molecule is Cc1cc(C)c2nc(N(CCCN3CCOCC3)C(=O)c3ccc(S(=O)(=O)N(C)CC4CCCO4)cc3)sc2c1.